The summed E-state index contributed by atoms with van der Waals surface area (Å²) in [6, 6.07) is 1.96. The first-order valence-electron chi connectivity index (χ1n) is 6.13. The lowest BCUT2D eigenvalue weighted by Crippen LogP contribution is -2.29. The standard InChI is InChI=1S/C12H16BrN5/c1-17-4-2-8(3-5-17)10-6-11(14)18-12(16-10)9(13)7-15-18/h6-8H,2-5,14H2,1H3. The summed E-state index contributed by atoms with van der Waals surface area (Å²) in [5.74, 6) is 1.16. The third-order valence-corrected chi connectivity index (χ3v) is 4.17. The average Bonchev–Trinajstić information content (AvgIpc) is 2.73. The van der Waals surface area contributed by atoms with E-state index in [1.807, 2.05) is 6.07 Å². The van der Waals surface area contributed by atoms with E-state index >= 15 is 0 Å². The van der Waals surface area contributed by atoms with E-state index in [1.165, 1.54) is 0 Å². The molecule has 6 heteroatoms. The second kappa shape index (κ2) is 4.51. The molecule has 1 saturated heterocycles. The summed E-state index contributed by atoms with van der Waals surface area (Å²) < 4.78 is 2.56. The van der Waals surface area contributed by atoms with Crippen LogP contribution in [-0.2, 0) is 0 Å². The summed E-state index contributed by atoms with van der Waals surface area (Å²) in [7, 11) is 2.16. The van der Waals surface area contributed by atoms with Gasteiger partial charge in [-0.3, -0.25) is 0 Å². The molecule has 1 fully saturated rings. The highest BCUT2D eigenvalue weighted by atomic mass is 79.9. The molecule has 0 spiro atoms. The number of halogens is 1. The van der Waals surface area contributed by atoms with E-state index in [2.05, 4.69) is 33.0 Å². The lowest BCUT2D eigenvalue weighted by molar-refractivity contribution is 0.253. The summed E-state index contributed by atoms with van der Waals surface area (Å²) in [5.41, 5.74) is 7.93. The van der Waals surface area contributed by atoms with Gasteiger partial charge in [0, 0.05) is 17.7 Å². The summed E-state index contributed by atoms with van der Waals surface area (Å²) in [4.78, 5) is 7.05. The molecule has 0 atom stereocenters. The maximum absolute atomic E-state index is 6.03. The summed E-state index contributed by atoms with van der Waals surface area (Å²) in [5, 5.41) is 4.19. The van der Waals surface area contributed by atoms with Gasteiger partial charge in [0.1, 0.15) is 5.82 Å². The van der Waals surface area contributed by atoms with Crippen molar-refractivity contribution in [3.8, 4) is 0 Å². The van der Waals surface area contributed by atoms with Crippen LogP contribution in [0.15, 0.2) is 16.7 Å². The number of piperidine rings is 1. The summed E-state index contributed by atoms with van der Waals surface area (Å²) >= 11 is 3.46. The molecule has 0 aromatic carbocycles. The van der Waals surface area contributed by atoms with E-state index in [-0.39, 0.29) is 0 Å². The normalized spacial score (nSPS) is 18.6. The number of aromatic nitrogens is 3. The molecule has 0 unspecified atom stereocenters. The van der Waals surface area contributed by atoms with Crippen LogP contribution in [0.5, 0.6) is 0 Å². The molecule has 3 rings (SSSR count). The maximum Gasteiger partial charge on any atom is 0.171 e. The number of anilines is 1. The summed E-state index contributed by atoms with van der Waals surface area (Å²) in [6.07, 6.45) is 4.02. The van der Waals surface area contributed by atoms with Gasteiger partial charge in [0.25, 0.3) is 0 Å². The highest BCUT2D eigenvalue weighted by molar-refractivity contribution is 9.10. The van der Waals surface area contributed by atoms with Gasteiger partial charge >= 0.3 is 0 Å². The van der Waals surface area contributed by atoms with Crippen LogP contribution in [0.2, 0.25) is 0 Å². The molecule has 1 aliphatic heterocycles. The number of nitrogen functional groups attached to an aromatic ring is 1. The van der Waals surface area contributed by atoms with Crippen LogP contribution in [0.25, 0.3) is 5.65 Å². The van der Waals surface area contributed by atoms with Gasteiger partial charge in [-0.15, -0.1) is 0 Å². The highest BCUT2D eigenvalue weighted by Gasteiger charge is 2.21. The Balaban J connectivity index is 1.99. The molecule has 2 N–H and O–H groups in total. The zero-order valence-corrected chi connectivity index (χ0v) is 11.9. The van der Waals surface area contributed by atoms with Gasteiger partial charge in [-0.2, -0.15) is 9.61 Å². The second-order valence-corrected chi connectivity index (χ2v) is 5.77. The molecular weight excluding hydrogens is 294 g/mol. The molecule has 96 valence electrons. The van der Waals surface area contributed by atoms with E-state index in [4.69, 9.17) is 10.7 Å². The fourth-order valence-electron chi connectivity index (χ4n) is 2.49. The van der Waals surface area contributed by atoms with Crippen LogP contribution in [0.4, 0.5) is 5.82 Å². The Bertz CT molecular complexity index is 571. The monoisotopic (exact) mass is 309 g/mol. The lowest BCUT2D eigenvalue weighted by atomic mass is 9.93. The lowest BCUT2D eigenvalue weighted by Gasteiger charge is -2.28. The summed E-state index contributed by atoms with van der Waals surface area (Å²) in [6.45, 7) is 2.25. The molecule has 0 amide bonds. The minimum atomic E-state index is 0.510. The van der Waals surface area contributed by atoms with Crippen molar-refractivity contribution >= 4 is 27.4 Å². The largest absolute Gasteiger partial charge is 0.384 e. The Hall–Kier alpha value is -1.14. The maximum atomic E-state index is 6.03. The smallest absolute Gasteiger partial charge is 0.171 e. The van der Waals surface area contributed by atoms with Crippen LogP contribution in [-0.4, -0.2) is 39.6 Å². The minimum absolute atomic E-state index is 0.510. The van der Waals surface area contributed by atoms with E-state index in [0.717, 1.165) is 41.7 Å². The Morgan fingerprint density at radius 3 is 2.83 bits per heavy atom. The highest BCUT2D eigenvalue weighted by Crippen LogP contribution is 2.29. The van der Waals surface area contributed by atoms with Crippen molar-refractivity contribution in [1.29, 1.82) is 0 Å². The fourth-order valence-corrected chi connectivity index (χ4v) is 2.84. The Kier molecular flexibility index (Phi) is 2.99. The predicted molar refractivity (Wildman–Crippen MR) is 74.6 cm³/mol. The van der Waals surface area contributed by atoms with Gasteiger partial charge in [0.05, 0.1) is 10.7 Å². The van der Waals surface area contributed by atoms with Gasteiger partial charge in [-0.1, -0.05) is 0 Å². The first kappa shape index (κ1) is 11.9. The SMILES string of the molecule is CN1CCC(c2cc(N)n3ncc(Br)c3n2)CC1. The third-order valence-electron chi connectivity index (χ3n) is 3.61. The quantitative estimate of drug-likeness (QED) is 0.874. The first-order valence-corrected chi connectivity index (χ1v) is 6.92. The van der Waals surface area contributed by atoms with Gasteiger partial charge in [0.2, 0.25) is 0 Å². The number of hydrogen-bond acceptors (Lipinski definition) is 4. The van der Waals surface area contributed by atoms with E-state index in [0.29, 0.717) is 11.7 Å². The van der Waals surface area contributed by atoms with Crippen molar-refractivity contribution < 1.29 is 0 Å². The van der Waals surface area contributed by atoms with Crippen LogP contribution in [0.3, 0.4) is 0 Å². The molecule has 2 aromatic heterocycles. The molecule has 0 saturated carbocycles. The Morgan fingerprint density at radius 2 is 2.11 bits per heavy atom. The Morgan fingerprint density at radius 1 is 1.39 bits per heavy atom. The van der Waals surface area contributed by atoms with Crippen LogP contribution >= 0.6 is 15.9 Å². The average molecular weight is 310 g/mol. The molecule has 18 heavy (non-hydrogen) atoms. The van der Waals surface area contributed by atoms with E-state index in [1.54, 1.807) is 10.7 Å². The molecule has 0 radical (unpaired) electrons. The van der Waals surface area contributed by atoms with Gasteiger partial charge in [0.15, 0.2) is 5.65 Å². The molecule has 1 aliphatic rings. The van der Waals surface area contributed by atoms with Crippen molar-refractivity contribution in [3.63, 3.8) is 0 Å². The molecule has 2 aromatic rings. The van der Waals surface area contributed by atoms with Crippen molar-refractivity contribution in [1.82, 2.24) is 19.5 Å². The van der Waals surface area contributed by atoms with Crippen molar-refractivity contribution in [2.24, 2.45) is 0 Å². The topological polar surface area (TPSA) is 59.5 Å². The van der Waals surface area contributed by atoms with Crippen LogP contribution in [0, 0.1) is 0 Å². The van der Waals surface area contributed by atoms with E-state index < -0.39 is 0 Å². The van der Waals surface area contributed by atoms with Gasteiger partial charge in [-0.25, -0.2) is 4.98 Å². The van der Waals surface area contributed by atoms with Crippen molar-refractivity contribution in [2.75, 3.05) is 25.9 Å². The third kappa shape index (κ3) is 1.99. The Labute approximate surface area is 114 Å². The number of likely N-dealkylation sites (tertiary alicyclic amines) is 1. The van der Waals surface area contributed by atoms with Crippen molar-refractivity contribution in [2.45, 2.75) is 18.8 Å². The zero-order valence-electron chi connectivity index (χ0n) is 10.3. The van der Waals surface area contributed by atoms with Crippen LogP contribution in [0.1, 0.15) is 24.5 Å². The van der Waals surface area contributed by atoms with E-state index in [9.17, 15) is 0 Å². The number of fused-ring (bicyclic) bond motifs is 1. The molecule has 0 bridgehead atoms. The number of hydrogen-bond donors (Lipinski definition) is 1. The zero-order chi connectivity index (χ0) is 12.7. The first-order chi connectivity index (χ1) is 8.65. The van der Waals surface area contributed by atoms with Gasteiger partial charge < -0.3 is 10.6 Å². The predicted octanol–water partition coefficient (Wildman–Crippen LogP) is 1.88. The molecule has 0 aliphatic carbocycles. The molecule has 3 heterocycles. The van der Waals surface area contributed by atoms with Crippen molar-refractivity contribution in [3.05, 3.63) is 22.4 Å². The van der Waals surface area contributed by atoms with Gasteiger partial charge in [-0.05, 0) is 48.9 Å². The number of nitrogens with zero attached hydrogens (tertiary/aromatic N) is 4. The number of nitrogens with two attached hydrogens (primary N) is 1. The second-order valence-electron chi connectivity index (χ2n) is 4.91. The minimum Gasteiger partial charge on any atom is -0.384 e. The molecular formula is C12H16BrN5. The van der Waals surface area contributed by atoms with Crippen LogP contribution < -0.4 is 5.73 Å². The fraction of sp³-hybridized carbons (Fsp3) is 0.500. The number of rotatable bonds is 1. The molecule has 5 nitrogen and oxygen atoms in total.